The number of nitrogens with two attached hydrogens (primary N) is 1. The molecule has 0 atom stereocenters. The van der Waals surface area contributed by atoms with Gasteiger partial charge in [0.25, 0.3) is 0 Å². The van der Waals surface area contributed by atoms with Crippen molar-refractivity contribution in [2.45, 2.75) is 25.2 Å². The Labute approximate surface area is 120 Å². The molecule has 2 aromatic carbocycles. The van der Waals surface area contributed by atoms with E-state index in [1.165, 1.54) is 0 Å². The first-order chi connectivity index (χ1) is 9.40. The summed E-state index contributed by atoms with van der Waals surface area (Å²) >= 11 is 0. The number of benzene rings is 2. The first-order valence-corrected chi connectivity index (χ1v) is 8.19. The molecule has 0 aliphatic rings. The average molecular weight is 289 g/mol. The van der Waals surface area contributed by atoms with E-state index in [-0.39, 0.29) is 5.75 Å². The van der Waals surface area contributed by atoms with Crippen molar-refractivity contribution in [1.29, 1.82) is 0 Å². The molecule has 4 heteroatoms. The van der Waals surface area contributed by atoms with E-state index in [2.05, 4.69) is 0 Å². The largest absolute Gasteiger partial charge is 0.399 e. The van der Waals surface area contributed by atoms with Crippen LogP contribution in [-0.2, 0) is 16.3 Å². The van der Waals surface area contributed by atoms with Crippen LogP contribution in [0.1, 0.15) is 16.7 Å². The third kappa shape index (κ3) is 3.20. The Bertz CT molecular complexity index is 721. The van der Waals surface area contributed by atoms with Gasteiger partial charge in [0.05, 0.1) is 10.6 Å². The topological polar surface area (TPSA) is 60.2 Å². The number of hydrogen-bond donors (Lipinski definition) is 1. The van der Waals surface area contributed by atoms with Crippen molar-refractivity contribution in [2.75, 3.05) is 11.5 Å². The van der Waals surface area contributed by atoms with Gasteiger partial charge in [-0.25, -0.2) is 8.42 Å². The summed E-state index contributed by atoms with van der Waals surface area (Å²) in [4.78, 5) is 0.423. The second kappa shape index (κ2) is 5.67. The maximum Gasteiger partial charge on any atom is 0.178 e. The second-order valence-electron chi connectivity index (χ2n) is 5.04. The van der Waals surface area contributed by atoms with Gasteiger partial charge in [-0.3, -0.25) is 0 Å². The quantitative estimate of drug-likeness (QED) is 0.880. The van der Waals surface area contributed by atoms with Crippen LogP contribution in [-0.4, -0.2) is 14.2 Å². The molecule has 0 unspecified atom stereocenters. The van der Waals surface area contributed by atoms with Gasteiger partial charge in [0.1, 0.15) is 0 Å². The number of nitrogen functional groups attached to an aromatic ring is 1. The standard InChI is InChI=1S/C16H19NO2S/c1-12-7-8-13(2)16(11-12)20(18,19)10-9-14-5-3-4-6-15(14)17/h3-8,11H,9-10,17H2,1-2H3. The van der Waals surface area contributed by atoms with Crippen molar-refractivity contribution in [3.63, 3.8) is 0 Å². The lowest BCUT2D eigenvalue weighted by atomic mass is 10.1. The molecule has 106 valence electrons. The van der Waals surface area contributed by atoms with Crippen LogP contribution in [0.3, 0.4) is 0 Å². The van der Waals surface area contributed by atoms with Crippen molar-refractivity contribution in [3.8, 4) is 0 Å². The lowest BCUT2D eigenvalue weighted by molar-refractivity contribution is 0.594. The monoisotopic (exact) mass is 289 g/mol. The molecular formula is C16H19NO2S. The predicted molar refractivity (Wildman–Crippen MR) is 82.5 cm³/mol. The molecule has 0 heterocycles. The molecule has 20 heavy (non-hydrogen) atoms. The number of hydrogen-bond acceptors (Lipinski definition) is 3. The Hall–Kier alpha value is -1.81. The van der Waals surface area contributed by atoms with Crippen LogP contribution < -0.4 is 5.73 Å². The van der Waals surface area contributed by atoms with E-state index in [0.29, 0.717) is 17.0 Å². The Morgan fingerprint density at radius 2 is 1.75 bits per heavy atom. The number of anilines is 1. The second-order valence-corrected chi connectivity index (χ2v) is 7.11. The maximum atomic E-state index is 12.4. The zero-order chi connectivity index (χ0) is 14.8. The van der Waals surface area contributed by atoms with E-state index >= 15 is 0 Å². The predicted octanol–water partition coefficient (Wildman–Crippen LogP) is 2.90. The fourth-order valence-corrected chi connectivity index (χ4v) is 3.79. The van der Waals surface area contributed by atoms with Crippen molar-refractivity contribution in [1.82, 2.24) is 0 Å². The minimum absolute atomic E-state index is 0.0749. The molecule has 0 fully saturated rings. The summed E-state index contributed by atoms with van der Waals surface area (Å²) in [5, 5.41) is 0. The number of para-hydroxylation sites is 1. The van der Waals surface area contributed by atoms with Gasteiger partial charge in [-0.1, -0.05) is 30.3 Å². The van der Waals surface area contributed by atoms with E-state index in [9.17, 15) is 8.42 Å². The highest BCUT2D eigenvalue weighted by Gasteiger charge is 2.17. The third-order valence-electron chi connectivity index (χ3n) is 3.37. The van der Waals surface area contributed by atoms with Gasteiger partial charge in [0.2, 0.25) is 0 Å². The highest BCUT2D eigenvalue weighted by Crippen LogP contribution is 2.20. The van der Waals surface area contributed by atoms with Gasteiger partial charge < -0.3 is 5.73 Å². The molecule has 2 N–H and O–H groups in total. The molecule has 0 bridgehead atoms. The zero-order valence-corrected chi connectivity index (χ0v) is 12.6. The van der Waals surface area contributed by atoms with Crippen molar-refractivity contribution >= 4 is 15.5 Å². The van der Waals surface area contributed by atoms with Crippen LogP contribution in [0, 0.1) is 13.8 Å². The molecular weight excluding hydrogens is 270 g/mol. The molecule has 0 saturated carbocycles. The van der Waals surface area contributed by atoms with Gasteiger partial charge in [-0.15, -0.1) is 0 Å². The molecule has 0 aliphatic heterocycles. The van der Waals surface area contributed by atoms with E-state index in [1.807, 2.05) is 44.2 Å². The maximum absolute atomic E-state index is 12.4. The summed E-state index contributed by atoms with van der Waals surface area (Å²) in [6, 6.07) is 12.9. The molecule has 0 spiro atoms. The van der Waals surface area contributed by atoms with Gasteiger partial charge in [-0.2, -0.15) is 0 Å². The molecule has 0 aromatic heterocycles. The van der Waals surface area contributed by atoms with E-state index in [4.69, 9.17) is 5.73 Å². The number of aryl methyl sites for hydroxylation is 3. The minimum atomic E-state index is -3.28. The fourth-order valence-electron chi connectivity index (χ4n) is 2.16. The van der Waals surface area contributed by atoms with Crippen molar-refractivity contribution in [2.24, 2.45) is 0 Å². The Balaban J connectivity index is 2.24. The van der Waals surface area contributed by atoms with Crippen LogP contribution in [0.15, 0.2) is 47.4 Å². The van der Waals surface area contributed by atoms with Crippen LogP contribution >= 0.6 is 0 Å². The number of rotatable bonds is 4. The summed E-state index contributed by atoms with van der Waals surface area (Å²) in [6.45, 7) is 3.72. The highest BCUT2D eigenvalue weighted by molar-refractivity contribution is 7.91. The molecule has 0 radical (unpaired) electrons. The Kier molecular flexibility index (Phi) is 4.14. The number of sulfone groups is 1. The summed E-state index contributed by atoms with van der Waals surface area (Å²) in [7, 11) is -3.28. The van der Waals surface area contributed by atoms with Gasteiger partial charge in [-0.05, 0) is 49.1 Å². The van der Waals surface area contributed by atoms with Gasteiger partial charge >= 0.3 is 0 Å². The van der Waals surface area contributed by atoms with Crippen molar-refractivity contribution in [3.05, 3.63) is 59.2 Å². The lowest BCUT2D eigenvalue weighted by Gasteiger charge is -2.10. The van der Waals surface area contributed by atoms with Crippen LogP contribution in [0.4, 0.5) is 5.69 Å². The average Bonchev–Trinajstić information content (AvgIpc) is 2.40. The summed E-state index contributed by atoms with van der Waals surface area (Å²) < 4.78 is 24.9. The highest BCUT2D eigenvalue weighted by atomic mass is 32.2. The zero-order valence-electron chi connectivity index (χ0n) is 11.8. The minimum Gasteiger partial charge on any atom is -0.399 e. The van der Waals surface area contributed by atoms with E-state index < -0.39 is 9.84 Å². The third-order valence-corrected chi connectivity index (χ3v) is 5.23. The molecule has 2 rings (SSSR count). The van der Waals surface area contributed by atoms with E-state index in [1.54, 1.807) is 12.1 Å². The van der Waals surface area contributed by atoms with Gasteiger partial charge in [0, 0.05) is 5.69 Å². The van der Waals surface area contributed by atoms with E-state index in [0.717, 1.165) is 16.7 Å². The van der Waals surface area contributed by atoms with Crippen LogP contribution in [0.25, 0.3) is 0 Å². The molecule has 3 nitrogen and oxygen atoms in total. The Morgan fingerprint density at radius 3 is 2.45 bits per heavy atom. The molecule has 0 saturated heterocycles. The smallest absolute Gasteiger partial charge is 0.178 e. The van der Waals surface area contributed by atoms with Crippen LogP contribution in [0.5, 0.6) is 0 Å². The SMILES string of the molecule is Cc1ccc(C)c(S(=O)(=O)CCc2ccccc2N)c1. The fraction of sp³-hybridized carbons (Fsp3) is 0.250. The normalized spacial score (nSPS) is 11.5. The summed E-state index contributed by atoms with van der Waals surface area (Å²) in [5.74, 6) is 0.0749. The summed E-state index contributed by atoms with van der Waals surface area (Å²) in [6.07, 6.45) is 0.433. The van der Waals surface area contributed by atoms with Crippen molar-refractivity contribution < 1.29 is 8.42 Å². The molecule has 0 amide bonds. The lowest BCUT2D eigenvalue weighted by Crippen LogP contribution is -2.11. The van der Waals surface area contributed by atoms with Crippen LogP contribution in [0.2, 0.25) is 0 Å². The van der Waals surface area contributed by atoms with Gasteiger partial charge in [0.15, 0.2) is 9.84 Å². The Morgan fingerprint density at radius 1 is 1.05 bits per heavy atom. The molecule has 0 aliphatic carbocycles. The molecule has 2 aromatic rings. The first-order valence-electron chi connectivity index (χ1n) is 6.53. The summed E-state index contributed by atoms with van der Waals surface area (Å²) in [5.41, 5.74) is 9.11. The first kappa shape index (κ1) is 14.6.